The molecular formula is C65H41N. The van der Waals surface area contributed by atoms with E-state index in [4.69, 9.17) is 0 Å². The van der Waals surface area contributed by atoms with Crippen LogP contribution in [0.25, 0.3) is 122 Å². The number of nitriles is 1. The molecule has 0 saturated carbocycles. The maximum Gasteiger partial charge on any atom is 0.0991 e. The molecule has 66 heavy (non-hydrogen) atoms. The molecule has 1 heteroatoms. The third-order valence-electron chi connectivity index (χ3n) is 13.3. The van der Waals surface area contributed by atoms with Gasteiger partial charge in [-0.05, 0) is 165 Å². The molecule has 1 nitrogen and oxygen atoms in total. The van der Waals surface area contributed by atoms with E-state index in [0.717, 1.165) is 16.7 Å². The Bertz CT molecular complexity index is 3560. The highest BCUT2D eigenvalue weighted by atomic mass is 14.3. The van der Waals surface area contributed by atoms with Crippen molar-refractivity contribution < 1.29 is 0 Å². The molecule has 306 valence electrons. The van der Waals surface area contributed by atoms with Crippen molar-refractivity contribution in [3.05, 3.63) is 254 Å². The Labute approximate surface area is 385 Å². The summed E-state index contributed by atoms with van der Waals surface area (Å²) in [6.07, 6.45) is 0. The largest absolute Gasteiger partial charge is 0.192 e. The zero-order valence-corrected chi connectivity index (χ0v) is 36.1. The minimum Gasteiger partial charge on any atom is -0.192 e. The minimum atomic E-state index is 0.662. The van der Waals surface area contributed by atoms with Crippen LogP contribution in [0.1, 0.15) is 5.56 Å². The lowest BCUT2D eigenvalue weighted by molar-refractivity contribution is 1.48. The van der Waals surface area contributed by atoms with Crippen LogP contribution in [0.5, 0.6) is 0 Å². The third-order valence-corrected chi connectivity index (χ3v) is 13.3. The lowest BCUT2D eigenvalue weighted by Gasteiger charge is -2.16. The first-order valence-corrected chi connectivity index (χ1v) is 22.5. The Morgan fingerprint density at radius 3 is 0.970 bits per heavy atom. The van der Waals surface area contributed by atoms with E-state index in [-0.39, 0.29) is 0 Å². The zero-order chi connectivity index (χ0) is 44.0. The van der Waals surface area contributed by atoms with Gasteiger partial charge in [0.1, 0.15) is 0 Å². The molecule has 0 spiro atoms. The molecule has 11 aromatic rings. The molecule has 0 aliphatic heterocycles. The molecule has 1 aliphatic rings. The van der Waals surface area contributed by atoms with Gasteiger partial charge in [0, 0.05) is 0 Å². The maximum absolute atomic E-state index is 9.40. The van der Waals surface area contributed by atoms with Crippen LogP contribution in [0.3, 0.4) is 0 Å². The van der Waals surface area contributed by atoms with Crippen molar-refractivity contribution in [1.82, 2.24) is 0 Å². The summed E-state index contributed by atoms with van der Waals surface area (Å²) in [5.74, 6) is 0. The fraction of sp³-hybridized carbons (Fsp3) is 0. The second kappa shape index (κ2) is 16.4. The summed E-state index contributed by atoms with van der Waals surface area (Å²) in [5.41, 5.74) is 24.7. The first-order chi connectivity index (χ1) is 32.6. The molecule has 0 radical (unpaired) electrons. The van der Waals surface area contributed by atoms with Gasteiger partial charge in [-0.25, -0.2) is 0 Å². The van der Waals surface area contributed by atoms with Gasteiger partial charge in [-0.2, -0.15) is 5.26 Å². The Kier molecular flexibility index (Phi) is 9.63. The lowest BCUT2D eigenvalue weighted by Crippen LogP contribution is -1.89. The predicted molar refractivity (Wildman–Crippen MR) is 277 cm³/mol. The van der Waals surface area contributed by atoms with Crippen LogP contribution in [0.15, 0.2) is 249 Å². The van der Waals surface area contributed by atoms with Gasteiger partial charge in [0.2, 0.25) is 0 Å². The first kappa shape index (κ1) is 38.8. The maximum atomic E-state index is 9.40. The molecule has 11 aromatic carbocycles. The van der Waals surface area contributed by atoms with Crippen LogP contribution in [0, 0.1) is 11.3 Å². The smallest absolute Gasteiger partial charge is 0.0991 e. The standard InChI is InChI=1S/C65H41N/c66-42-43-21-23-46(24-22-43)53-17-10-18-54(38-53)59-34-36-63-61-20-8-7-19-60(61)62-35-33-58(64(59)65(62)63)50-31-29-48(30-32-50)52-16-9-15-51(37-52)47-25-27-49(28-26-47)57-40-55(44-11-3-1-4-12-44)39-56(41-57)45-13-5-2-6-14-45/h1-41H. The van der Waals surface area contributed by atoms with E-state index in [9.17, 15) is 5.26 Å². The first-order valence-electron chi connectivity index (χ1n) is 22.5. The number of hydrogen-bond donors (Lipinski definition) is 0. The molecule has 12 rings (SSSR count). The van der Waals surface area contributed by atoms with Crippen molar-refractivity contribution in [3.63, 3.8) is 0 Å². The average Bonchev–Trinajstić information content (AvgIpc) is 3.73. The lowest BCUT2D eigenvalue weighted by atomic mass is 9.87. The molecule has 0 fully saturated rings. The van der Waals surface area contributed by atoms with Crippen LogP contribution >= 0.6 is 0 Å². The SMILES string of the molecule is N#Cc1ccc(-c2cccc(-c3ccc4c5c(ccc(-c6ccc(-c7cccc(-c8ccc(-c9cc(-c%10ccccc%10)cc(-c%10ccccc%10)c9)cc8)c7)cc6)c35)-c3ccccc3-4)c2)cc1. The second-order valence-corrected chi connectivity index (χ2v) is 17.2. The number of hydrogen-bond acceptors (Lipinski definition) is 1. The van der Waals surface area contributed by atoms with Gasteiger partial charge in [-0.3, -0.25) is 0 Å². The highest BCUT2D eigenvalue weighted by Crippen LogP contribution is 2.52. The molecular weight excluding hydrogens is 795 g/mol. The van der Waals surface area contributed by atoms with E-state index in [1.54, 1.807) is 0 Å². The predicted octanol–water partition coefficient (Wildman–Crippen LogP) is 17.7. The Balaban J connectivity index is 0.885. The number of rotatable bonds is 8. The number of benzene rings is 11. The number of nitrogens with zero attached hydrogens (tertiary/aromatic N) is 1. The van der Waals surface area contributed by atoms with Crippen molar-refractivity contribution >= 4 is 10.8 Å². The Morgan fingerprint density at radius 2 is 0.500 bits per heavy atom. The van der Waals surface area contributed by atoms with Crippen LogP contribution < -0.4 is 0 Å². The minimum absolute atomic E-state index is 0.662. The van der Waals surface area contributed by atoms with Crippen molar-refractivity contribution in [1.29, 1.82) is 5.26 Å². The molecule has 0 atom stereocenters. The van der Waals surface area contributed by atoms with E-state index >= 15 is 0 Å². The van der Waals surface area contributed by atoms with Crippen LogP contribution in [-0.2, 0) is 0 Å². The van der Waals surface area contributed by atoms with Crippen molar-refractivity contribution in [2.75, 3.05) is 0 Å². The average molecular weight is 836 g/mol. The topological polar surface area (TPSA) is 23.8 Å². The molecule has 0 aromatic heterocycles. The second-order valence-electron chi connectivity index (χ2n) is 17.2. The molecule has 0 amide bonds. The summed E-state index contributed by atoms with van der Waals surface area (Å²) in [4.78, 5) is 0. The van der Waals surface area contributed by atoms with E-state index in [0.29, 0.717) is 5.56 Å². The van der Waals surface area contributed by atoms with Gasteiger partial charge in [-0.15, -0.1) is 0 Å². The third kappa shape index (κ3) is 6.99. The van der Waals surface area contributed by atoms with Gasteiger partial charge >= 0.3 is 0 Å². The van der Waals surface area contributed by atoms with Crippen LogP contribution in [0.2, 0.25) is 0 Å². The Morgan fingerprint density at radius 1 is 0.197 bits per heavy atom. The summed E-state index contributed by atoms with van der Waals surface area (Å²) in [6.45, 7) is 0. The van der Waals surface area contributed by atoms with Gasteiger partial charge in [0.15, 0.2) is 0 Å². The molecule has 1 aliphatic carbocycles. The fourth-order valence-electron chi connectivity index (χ4n) is 9.95. The normalized spacial score (nSPS) is 11.3. The summed E-state index contributed by atoms with van der Waals surface area (Å²) < 4.78 is 0. The molecule has 0 N–H and O–H groups in total. The van der Waals surface area contributed by atoms with Crippen molar-refractivity contribution in [2.24, 2.45) is 0 Å². The summed E-state index contributed by atoms with van der Waals surface area (Å²) in [5, 5.41) is 12.0. The summed E-state index contributed by atoms with van der Waals surface area (Å²) in [6, 6.07) is 92.1. The zero-order valence-electron chi connectivity index (χ0n) is 36.1. The summed E-state index contributed by atoms with van der Waals surface area (Å²) >= 11 is 0. The van der Waals surface area contributed by atoms with Gasteiger partial charge in [0.25, 0.3) is 0 Å². The molecule has 0 heterocycles. The van der Waals surface area contributed by atoms with Crippen molar-refractivity contribution in [3.8, 4) is 117 Å². The van der Waals surface area contributed by atoms with E-state index < -0.39 is 0 Å². The van der Waals surface area contributed by atoms with Gasteiger partial charge < -0.3 is 0 Å². The highest BCUT2D eigenvalue weighted by Gasteiger charge is 2.25. The van der Waals surface area contributed by atoms with Crippen LogP contribution in [-0.4, -0.2) is 0 Å². The Hall–Kier alpha value is -8.83. The monoisotopic (exact) mass is 835 g/mol. The fourth-order valence-corrected chi connectivity index (χ4v) is 9.95. The van der Waals surface area contributed by atoms with E-state index in [1.807, 2.05) is 24.3 Å². The van der Waals surface area contributed by atoms with E-state index in [2.05, 4.69) is 231 Å². The van der Waals surface area contributed by atoms with Gasteiger partial charge in [-0.1, -0.05) is 206 Å². The quantitative estimate of drug-likeness (QED) is 0.150. The molecule has 0 bridgehead atoms. The molecule has 0 saturated heterocycles. The highest BCUT2D eigenvalue weighted by molar-refractivity contribution is 6.22. The number of fused-ring (bicyclic) bond motifs is 3. The summed E-state index contributed by atoms with van der Waals surface area (Å²) in [7, 11) is 0. The van der Waals surface area contributed by atoms with Gasteiger partial charge in [0.05, 0.1) is 11.6 Å². The van der Waals surface area contributed by atoms with Crippen LogP contribution in [0.4, 0.5) is 0 Å². The molecule has 0 unspecified atom stereocenters. The van der Waals surface area contributed by atoms with E-state index in [1.165, 1.54) is 105 Å². The van der Waals surface area contributed by atoms with Crippen molar-refractivity contribution in [2.45, 2.75) is 0 Å².